The molecule has 1 aromatic carbocycles. The number of phenols is 1. The molecule has 18 heavy (non-hydrogen) atoms. The smallest absolute Gasteiger partial charge is 0.271 e. The monoisotopic (exact) mass is 241 g/mol. The number of rotatable bonds is 3. The number of nitrogens with zero attached hydrogens (tertiary/aromatic N) is 2. The first-order valence-corrected chi connectivity index (χ1v) is 5.29. The lowest BCUT2D eigenvalue weighted by Gasteiger charge is -1.99. The summed E-state index contributed by atoms with van der Waals surface area (Å²) in [4.78, 5) is 15.7. The number of carbonyl (C=O) groups excluding carboxylic acids is 1. The second-order valence-corrected chi connectivity index (χ2v) is 3.50. The molecule has 0 radical (unpaired) electrons. The number of benzene rings is 1. The predicted molar refractivity (Wildman–Crippen MR) is 67.4 cm³/mol. The Hall–Kier alpha value is -2.69. The van der Waals surface area contributed by atoms with Crippen molar-refractivity contribution in [2.75, 3.05) is 0 Å². The first-order valence-electron chi connectivity index (χ1n) is 5.29. The van der Waals surface area contributed by atoms with Gasteiger partial charge in [0.15, 0.2) is 0 Å². The van der Waals surface area contributed by atoms with Crippen LogP contribution in [0, 0.1) is 0 Å². The molecule has 0 aliphatic heterocycles. The summed E-state index contributed by atoms with van der Waals surface area (Å²) in [5, 5.41) is 13.0. The third-order valence-electron chi connectivity index (χ3n) is 2.16. The Morgan fingerprint density at radius 2 is 2.17 bits per heavy atom. The molecule has 0 unspecified atom stereocenters. The molecule has 0 aliphatic carbocycles. The molecule has 5 heteroatoms. The van der Waals surface area contributed by atoms with E-state index in [0.717, 1.165) is 0 Å². The lowest BCUT2D eigenvalue weighted by atomic mass is 10.2. The summed E-state index contributed by atoms with van der Waals surface area (Å²) < 4.78 is 0. The first-order chi connectivity index (χ1) is 8.75. The summed E-state index contributed by atoms with van der Waals surface area (Å²) in [5.41, 5.74) is 3.34. The minimum atomic E-state index is -0.391. The number of nitrogens with one attached hydrogen (secondary N) is 1. The molecule has 5 nitrogen and oxygen atoms in total. The van der Waals surface area contributed by atoms with Crippen molar-refractivity contribution in [2.45, 2.75) is 0 Å². The number of aromatic hydroxyl groups is 1. The van der Waals surface area contributed by atoms with E-state index >= 15 is 0 Å². The molecule has 2 aromatic rings. The molecule has 0 saturated carbocycles. The van der Waals surface area contributed by atoms with Gasteiger partial charge in [-0.1, -0.05) is 12.1 Å². The van der Waals surface area contributed by atoms with Gasteiger partial charge in [0.2, 0.25) is 0 Å². The van der Waals surface area contributed by atoms with E-state index < -0.39 is 5.91 Å². The zero-order valence-electron chi connectivity index (χ0n) is 9.45. The fourth-order valence-corrected chi connectivity index (χ4v) is 1.32. The van der Waals surface area contributed by atoms with Gasteiger partial charge in [0, 0.05) is 11.8 Å². The quantitative estimate of drug-likeness (QED) is 0.632. The molecule has 0 bridgehead atoms. The van der Waals surface area contributed by atoms with Crippen LogP contribution >= 0.6 is 0 Å². The van der Waals surface area contributed by atoms with Crippen molar-refractivity contribution in [1.29, 1.82) is 0 Å². The highest BCUT2D eigenvalue weighted by Crippen LogP contribution is 2.10. The standard InChI is InChI=1S/C13H11N3O2/c17-12-6-3-4-10(8-12)13(18)16-15-9-11-5-1-2-7-14-11/h1-9,17H,(H,16,18)/b15-9-. The van der Waals surface area contributed by atoms with Gasteiger partial charge in [0.1, 0.15) is 5.75 Å². The Balaban J connectivity index is 1.99. The molecular weight excluding hydrogens is 230 g/mol. The van der Waals surface area contributed by atoms with E-state index in [-0.39, 0.29) is 5.75 Å². The van der Waals surface area contributed by atoms with E-state index in [1.165, 1.54) is 18.3 Å². The van der Waals surface area contributed by atoms with Crippen LogP contribution in [0.25, 0.3) is 0 Å². The highest BCUT2D eigenvalue weighted by atomic mass is 16.3. The van der Waals surface area contributed by atoms with E-state index in [1.807, 2.05) is 6.07 Å². The maximum Gasteiger partial charge on any atom is 0.271 e. The number of hydrogen-bond donors (Lipinski definition) is 2. The van der Waals surface area contributed by atoms with Crippen molar-refractivity contribution >= 4 is 12.1 Å². The van der Waals surface area contributed by atoms with Gasteiger partial charge in [-0.05, 0) is 30.3 Å². The van der Waals surface area contributed by atoms with Gasteiger partial charge in [-0.3, -0.25) is 9.78 Å². The highest BCUT2D eigenvalue weighted by molar-refractivity contribution is 5.95. The number of amides is 1. The zero-order chi connectivity index (χ0) is 12.8. The van der Waals surface area contributed by atoms with Gasteiger partial charge in [-0.15, -0.1) is 0 Å². The number of aromatic nitrogens is 1. The summed E-state index contributed by atoms with van der Waals surface area (Å²) in [5.74, 6) is -0.352. The van der Waals surface area contributed by atoms with E-state index in [2.05, 4.69) is 15.5 Å². The van der Waals surface area contributed by atoms with Gasteiger partial charge in [-0.2, -0.15) is 5.10 Å². The van der Waals surface area contributed by atoms with Crippen molar-refractivity contribution in [3.8, 4) is 5.75 Å². The minimum absolute atomic E-state index is 0.0383. The average molecular weight is 241 g/mol. The lowest BCUT2D eigenvalue weighted by molar-refractivity contribution is 0.0954. The van der Waals surface area contributed by atoms with Gasteiger partial charge in [-0.25, -0.2) is 5.43 Å². The van der Waals surface area contributed by atoms with Crippen LogP contribution in [0.1, 0.15) is 16.1 Å². The second kappa shape index (κ2) is 5.58. The first kappa shape index (κ1) is 11.8. The fraction of sp³-hybridized carbons (Fsp3) is 0. The van der Waals surface area contributed by atoms with E-state index in [4.69, 9.17) is 0 Å². The Kier molecular flexibility index (Phi) is 3.66. The Labute approximate surface area is 104 Å². The summed E-state index contributed by atoms with van der Waals surface area (Å²) in [6, 6.07) is 11.4. The summed E-state index contributed by atoms with van der Waals surface area (Å²) in [6.07, 6.45) is 3.08. The number of phenolic OH excluding ortho intramolecular Hbond substituents is 1. The molecule has 0 fully saturated rings. The summed E-state index contributed by atoms with van der Waals surface area (Å²) in [6.45, 7) is 0. The van der Waals surface area contributed by atoms with Gasteiger partial charge in [0.05, 0.1) is 11.9 Å². The van der Waals surface area contributed by atoms with Crippen LogP contribution in [0.15, 0.2) is 53.8 Å². The molecule has 1 heterocycles. The number of hydrogen-bond acceptors (Lipinski definition) is 4. The van der Waals surface area contributed by atoms with Gasteiger partial charge < -0.3 is 5.11 Å². The van der Waals surface area contributed by atoms with Crippen LogP contribution in [-0.4, -0.2) is 22.2 Å². The largest absolute Gasteiger partial charge is 0.508 e. The number of pyridine rings is 1. The molecule has 1 aromatic heterocycles. The van der Waals surface area contributed by atoms with E-state index in [9.17, 15) is 9.90 Å². The Morgan fingerprint density at radius 3 is 2.89 bits per heavy atom. The normalized spacial score (nSPS) is 10.4. The molecule has 90 valence electrons. The van der Waals surface area contributed by atoms with Crippen molar-refractivity contribution in [1.82, 2.24) is 10.4 Å². The van der Waals surface area contributed by atoms with Crippen LogP contribution in [0.3, 0.4) is 0 Å². The molecule has 0 spiro atoms. The number of carbonyl (C=O) groups is 1. The topological polar surface area (TPSA) is 74.6 Å². The average Bonchev–Trinajstić information content (AvgIpc) is 2.40. The summed E-state index contributed by atoms with van der Waals surface area (Å²) in [7, 11) is 0. The van der Waals surface area contributed by atoms with Crippen LogP contribution in [0.4, 0.5) is 0 Å². The van der Waals surface area contributed by atoms with Crippen LogP contribution in [-0.2, 0) is 0 Å². The number of hydrazone groups is 1. The molecule has 2 rings (SSSR count). The molecule has 2 N–H and O–H groups in total. The lowest BCUT2D eigenvalue weighted by Crippen LogP contribution is -2.17. The Morgan fingerprint density at radius 1 is 1.28 bits per heavy atom. The fourth-order valence-electron chi connectivity index (χ4n) is 1.32. The second-order valence-electron chi connectivity index (χ2n) is 3.50. The van der Waals surface area contributed by atoms with Crippen molar-refractivity contribution in [3.05, 3.63) is 59.9 Å². The molecular formula is C13H11N3O2. The maximum atomic E-state index is 11.6. The predicted octanol–water partition coefficient (Wildman–Crippen LogP) is 1.55. The SMILES string of the molecule is O=C(N/N=C\c1ccccn1)c1cccc(O)c1. The van der Waals surface area contributed by atoms with Crippen LogP contribution in [0.2, 0.25) is 0 Å². The van der Waals surface area contributed by atoms with E-state index in [1.54, 1.807) is 30.5 Å². The van der Waals surface area contributed by atoms with Crippen molar-refractivity contribution < 1.29 is 9.90 Å². The van der Waals surface area contributed by atoms with Crippen LogP contribution in [0.5, 0.6) is 5.75 Å². The van der Waals surface area contributed by atoms with Gasteiger partial charge in [0.25, 0.3) is 5.91 Å². The maximum absolute atomic E-state index is 11.6. The van der Waals surface area contributed by atoms with Crippen LogP contribution < -0.4 is 5.43 Å². The Bertz CT molecular complexity index is 567. The van der Waals surface area contributed by atoms with E-state index in [0.29, 0.717) is 11.3 Å². The molecule has 0 saturated heterocycles. The van der Waals surface area contributed by atoms with Crippen molar-refractivity contribution in [2.24, 2.45) is 5.10 Å². The third-order valence-corrected chi connectivity index (χ3v) is 2.16. The van der Waals surface area contributed by atoms with Gasteiger partial charge >= 0.3 is 0 Å². The molecule has 0 atom stereocenters. The third kappa shape index (κ3) is 3.15. The summed E-state index contributed by atoms with van der Waals surface area (Å²) >= 11 is 0. The minimum Gasteiger partial charge on any atom is -0.508 e. The molecule has 1 amide bonds. The molecule has 0 aliphatic rings. The zero-order valence-corrected chi connectivity index (χ0v) is 9.45. The van der Waals surface area contributed by atoms with Crippen molar-refractivity contribution in [3.63, 3.8) is 0 Å². The highest BCUT2D eigenvalue weighted by Gasteiger charge is 2.03.